The third-order valence-electron chi connectivity index (χ3n) is 5.89. The molecule has 3 heterocycles. The molecule has 1 atom stereocenters. The van der Waals surface area contributed by atoms with E-state index < -0.39 is 11.7 Å². The fourth-order valence-electron chi connectivity index (χ4n) is 4.12. The molecule has 1 aliphatic rings. The Balaban J connectivity index is 1.66. The van der Waals surface area contributed by atoms with E-state index in [4.69, 9.17) is 9.47 Å². The molecule has 1 N–H and O–H groups in total. The number of aromatic nitrogens is 3. The maximum Gasteiger partial charge on any atom is 0.416 e. The molecule has 7 nitrogen and oxygen atoms in total. The number of hydrogen-bond donors (Lipinski definition) is 1. The number of nitrogens with zero attached hydrogens (tertiary/aromatic N) is 4. The van der Waals surface area contributed by atoms with Gasteiger partial charge in [-0.15, -0.1) is 5.10 Å². The normalized spacial score (nSPS) is 16.9. The lowest BCUT2D eigenvalue weighted by atomic mass is 10.0. The van der Waals surface area contributed by atoms with Gasteiger partial charge in [-0.05, 0) is 37.1 Å². The van der Waals surface area contributed by atoms with Crippen molar-refractivity contribution in [2.75, 3.05) is 43.7 Å². The Morgan fingerprint density at radius 2 is 2.06 bits per heavy atom. The Labute approximate surface area is 189 Å². The molecule has 0 bridgehead atoms. The fraction of sp³-hybridized carbons (Fsp3) is 0.435. The highest BCUT2D eigenvalue weighted by molar-refractivity contribution is 5.92. The van der Waals surface area contributed by atoms with Crippen LogP contribution in [-0.2, 0) is 22.2 Å². The van der Waals surface area contributed by atoms with Crippen LogP contribution in [0.2, 0.25) is 0 Å². The number of alkyl halides is 3. The molecule has 0 spiro atoms. The van der Waals surface area contributed by atoms with E-state index in [-0.39, 0.29) is 18.2 Å². The molecular formula is C23H26F3N5O2. The first kappa shape index (κ1) is 23.2. The van der Waals surface area contributed by atoms with Crippen LogP contribution in [0, 0.1) is 13.8 Å². The molecule has 0 aliphatic carbocycles. The fourth-order valence-corrected chi connectivity index (χ4v) is 4.12. The molecule has 3 aromatic rings. The van der Waals surface area contributed by atoms with Crippen LogP contribution in [0.3, 0.4) is 0 Å². The van der Waals surface area contributed by atoms with Crippen molar-refractivity contribution in [3.63, 3.8) is 0 Å². The largest absolute Gasteiger partial charge is 0.416 e. The predicted octanol–water partition coefficient (Wildman–Crippen LogP) is 4.12. The summed E-state index contributed by atoms with van der Waals surface area (Å²) in [5.41, 5.74) is 2.36. The van der Waals surface area contributed by atoms with E-state index in [1.54, 1.807) is 19.4 Å². The zero-order valence-corrected chi connectivity index (χ0v) is 18.7. The Bertz CT molecular complexity index is 1140. The molecule has 4 rings (SSSR count). The summed E-state index contributed by atoms with van der Waals surface area (Å²) >= 11 is 0. The summed E-state index contributed by atoms with van der Waals surface area (Å²) in [6, 6.07) is 6.23. The smallest absolute Gasteiger partial charge is 0.382 e. The van der Waals surface area contributed by atoms with Gasteiger partial charge in [0.05, 0.1) is 54.5 Å². The molecule has 33 heavy (non-hydrogen) atoms. The second kappa shape index (κ2) is 9.48. The lowest BCUT2D eigenvalue weighted by Gasteiger charge is -2.36. The number of halogens is 3. The molecule has 0 unspecified atom stereocenters. The van der Waals surface area contributed by atoms with Gasteiger partial charge in [0.15, 0.2) is 5.82 Å². The Hall–Kier alpha value is -2.98. The molecule has 0 radical (unpaired) electrons. The summed E-state index contributed by atoms with van der Waals surface area (Å²) in [6.45, 7) is 5.86. The lowest BCUT2D eigenvalue weighted by Crippen LogP contribution is -2.48. The van der Waals surface area contributed by atoms with Crippen molar-refractivity contribution in [3.05, 3.63) is 52.8 Å². The number of methoxy groups -OCH3 is 1. The number of hydrogen-bond acceptors (Lipinski definition) is 7. The minimum atomic E-state index is -4.40. The summed E-state index contributed by atoms with van der Waals surface area (Å²) in [5.74, 6) is 0.471. The van der Waals surface area contributed by atoms with Crippen LogP contribution in [0.5, 0.6) is 0 Å². The number of fused-ring (bicyclic) bond motifs is 1. The van der Waals surface area contributed by atoms with Crippen LogP contribution in [0.4, 0.5) is 24.7 Å². The first-order valence-corrected chi connectivity index (χ1v) is 10.7. The monoisotopic (exact) mass is 461 g/mol. The Morgan fingerprint density at radius 1 is 1.24 bits per heavy atom. The summed E-state index contributed by atoms with van der Waals surface area (Å²) in [4.78, 5) is 6.81. The number of morpholine rings is 1. The van der Waals surface area contributed by atoms with Gasteiger partial charge in [0, 0.05) is 25.6 Å². The Morgan fingerprint density at radius 3 is 2.82 bits per heavy atom. The van der Waals surface area contributed by atoms with Gasteiger partial charge < -0.3 is 19.7 Å². The second-order valence-corrected chi connectivity index (χ2v) is 8.04. The van der Waals surface area contributed by atoms with E-state index in [9.17, 15) is 13.2 Å². The molecule has 1 saturated heterocycles. The second-order valence-electron chi connectivity index (χ2n) is 8.04. The maximum atomic E-state index is 13.3. The molecule has 176 valence electrons. The summed E-state index contributed by atoms with van der Waals surface area (Å²) in [5, 5.41) is 12.4. The number of ether oxygens (including phenoxy) is 2. The summed E-state index contributed by atoms with van der Waals surface area (Å²) in [7, 11) is 1.65. The van der Waals surface area contributed by atoms with E-state index in [0.717, 1.165) is 17.1 Å². The van der Waals surface area contributed by atoms with Gasteiger partial charge in [0.2, 0.25) is 0 Å². The minimum absolute atomic E-state index is 0.0584. The first-order chi connectivity index (χ1) is 15.8. The molecule has 10 heteroatoms. The third-order valence-corrected chi connectivity index (χ3v) is 5.89. The van der Waals surface area contributed by atoms with Crippen molar-refractivity contribution < 1.29 is 22.6 Å². The average molecular weight is 461 g/mol. The van der Waals surface area contributed by atoms with Crippen LogP contribution >= 0.6 is 0 Å². The van der Waals surface area contributed by atoms with Crippen LogP contribution < -0.4 is 10.2 Å². The van der Waals surface area contributed by atoms with Gasteiger partial charge in [-0.3, -0.25) is 4.98 Å². The molecule has 2 aromatic heterocycles. The third kappa shape index (κ3) is 4.86. The Kier molecular flexibility index (Phi) is 6.66. The summed E-state index contributed by atoms with van der Waals surface area (Å²) in [6.07, 6.45) is -2.60. The van der Waals surface area contributed by atoms with Crippen LogP contribution in [0.25, 0.3) is 10.9 Å². The quantitative estimate of drug-likeness (QED) is 0.592. The zero-order chi connectivity index (χ0) is 23.6. The lowest BCUT2D eigenvalue weighted by molar-refractivity contribution is -0.138. The highest BCUT2D eigenvalue weighted by Crippen LogP contribution is 2.33. The number of aryl methyl sites for hydroxylation is 1. The molecule has 0 saturated carbocycles. The van der Waals surface area contributed by atoms with Crippen molar-refractivity contribution in [3.8, 4) is 0 Å². The van der Waals surface area contributed by atoms with E-state index in [2.05, 4.69) is 25.4 Å². The molecule has 1 fully saturated rings. The number of nitrogens with one attached hydrogen (secondary N) is 1. The van der Waals surface area contributed by atoms with Crippen molar-refractivity contribution >= 4 is 22.4 Å². The van der Waals surface area contributed by atoms with Crippen LogP contribution in [0.15, 0.2) is 30.5 Å². The number of pyridine rings is 1. The van der Waals surface area contributed by atoms with Gasteiger partial charge in [-0.2, -0.15) is 18.3 Å². The van der Waals surface area contributed by atoms with E-state index >= 15 is 0 Å². The zero-order valence-electron chi connectivity index (χ0n) is 18.7. The van der Waals surface area contributed by atoms with Crippen LogP contribution in [-0.4, -0.2) is 54.7 Å². The maximum absolute atomic E-state index is 13.3. The molecule has 0 amide bonds. The van der Waals surface area contributed by atoms with Gasteiger partial charge in [-0.25, -0.2) is 0 Å². The predicted molar refractivity (Wildman–Crippen MR) is 119 cm³/mol. The highest BCUT2D eigenvalue weighted by Gasteiger charge is 2.32. The minimum Gasteiger partial charge on any atom is -0.382 e. The molecular weight excluding hydrogens is 435 g/mol. The number of anilines is 2. The van der Waals surface area contributed by atoms with Gasteiger partial charge in [0.1, 0.15) is 0 Å². The van der Waals surface area contributed by atoms with E-state index in [0.29, 0.717) is 49.0 Å². The van der Waals surface area contributed by atoms with Gasteiger partial charge in [-0.1, -0.05) is 12.1 Å². The van der Waals surface area contributed by atoms with Crippen molar-refractivity contribution in [1.82, 2.24) is 15.2 Å². The first-order valence-electron chi connectivity index (χ1n) is 10.7. The van der Waals surface area contributed by atoms with Crippen molar-refractivity contribution in [2.24, 2.45) is 0 Å². The molecule has 1 aliphatic heterocycles. The highest BCUT2D eigenvalue weighted by atomic mass is 19.4. The van der Waals surface area contributed by atoms with Crippen LogP contribution in [0.1, 0.15) is 22.4 Å². The van der Waals surface area contributed by atoms with E-state index in [1.807, 2.05) is 13.0 Å². The van der Waals surface area contributed by atoms with Gasteiger partial charge in [0.25, 0.3) is 0 Å². The van der Waals surface area contributed by atoms with Crippen molar-refractivity contribution in [2.45, 2.75) is 32.6 Å². The SMILES string of the molecule is COC[C@@H]1COCCN1c1cnc2c(C)nnc(NCc3cccc(C(F)(F)F)c3C)c2c1. The average Bonchev–Trinajstić information content (AvgIpc) is 2.79. The number of benzene rings is 1. The number of rotatable bonds is 6. The van der Waals surface area contributed by atoms with Gasteiger partial charge >= 0.3 is 6.18 Å². The summed E-state index contributed by atoms with van der Waals surface area (Å²) < 4.78 is 50.8. The van der Waals surface area contributed by atoms with E-state index in [1.165, 1.54) is 13.0 Å². The molecule has 1 aromatic carbocycles. The topological polar surface area (TPSA) is 72.4 Å². The van der Waals surface area contributed by atoms with Crippen molar-refractivity contribution in [1.29, 1.82) is 0 Å². The standard InChI is InChI=1S/C23H26F3N5O2/c1-14-16(5-4-6-20(14)23(24,25)26)10-28-22-19-9-17(11-27-21(19)15(2)29-30-22)31-7-8-33-13-18(31)12-32-3/h4-6,9,11,18H,7-8,10,12-13H2,1-3H3,(H,28,30)/t18-/m1/s1.